The molecule has 3 nitrogen and oxygen atoms in total. The second kappa shape index (κ2) is 4.53. The summed E-state index contributed by atoms with van der Waals surface area (Å²) in [4.78, 5) is 0. The Bertz CT molecular complexity index is 332. The smallest absolute Gasteiger partial charge is 0.122 e. The molecule has 1 aliphatic rings. The lowest BCUT2D eigenvalue weighted by atomic mass is 9.97. The minimum Gasteiger partial charge on any atom is -0.497 e. The fourth-order valence-electron chi connectivity index (χ4n) is 2.08. The van der Waals surface area contributed by atoms with E-state index in [0.717, 1.165) is 24.6 Å². The predicted molar refractivity (Wildman–Crippen MR) is 59.8 cm³/mol. The van der Waals surface area contributed by atoms with E-state index in [-0.39, 0.29) is 0 Å². The minimum absolute atomic E-state index is 0.551. The molecule has 1 aromatic carbocycles. The minimum atomic E-state index is 0.551. The molecule has 0 radical (unpaired) electrons. The van der Waals surface area contributed by atoms with E-state index in [2.05, 4.69) is 11.4 Å². The zero-order chi connectivity index (χ0) is 10.7. The first-order valence-corrected chi connectivity index (χ1v) is 5.28. The van der Waals surface area contributed by atoms with Crippen molar-refractivity contribution in [2.45, 2.75) is 12.3 Å². The summed E-state index contributed by atoms with van der Waals surface area (Å²) in [5.41, 5.74) is 1.25. The summed E-state index contributed by atoms with van der Waals surface area (Å²) in [6.07, 6.45) is 1.17. The standard InChI is InChI=1S/C12H17NO2/c1-14-10-3-4-12(15-2)11(7-10)9-5-6-13-8-9/h3-4,7,9,13H,5-6,8H2,1-2H3/t9-/m1/s1. The normalized spacial score (nSPS) is 20.3. The molecule has 1 saturated heterocycles. The van der Waals surface area contributed by atoms with Gasteiger partial charge in [-0.15, -0.1) is 0 Å². The fourth-order valence-corrected chi connectivity index (χ4v) is 2.08. The third-order valence-electron chi connectivity index (χ3n) is 2.94. The van der Waals surface area contributed by atoms with Crippen LogP contribution in [0.15, 0.2) is 18.2 Å². The third kappa shape index (κ3) is 2.07. The van der Waals surface area contributed by atoms with Gasteiger partial charge in [-0.3, -0.25) is 0 Å². The van der Waals surface area contributed by atoms with E-state index in [1.165, 1.54) is 12.0 Å². The van der Waals surface area contributed by atoms with Gasteiger partial charge >= 0.3 is 0 Å². The third-order valence-corrected chi connectivity index (χ3v) is 2.94. The Morgan fingerprint density at radius 1 is 1.27 bits per heavy atom. The number of benzene rings is 1. The highest BCUT2D eigenvalue weighted by atomic mass is 16.5. The summed E-state index contributed by atoms with van der Waals surface area (Å²) in [5.74, 6) is 2.41. The highest BCUT2D eigenvalue weighted by Crippen LogP contribution is 2.33. The number of ether oxygens (including phenoxy) is 2. The van der Waals surface area contributed by atoms with Gasteiger partial charge in [0.1, 0.15) is 11.5 Å². The first-order valence-electron chi connectivity index (χ1n) is 5.28. The van der Waals surface area contributed by atoms with Crippen molar-refractivity contribution in [3.63, 3.8) is 0 Å². The van der Waals surface area contributed by atoms with Crippen LogP contribution >= 0.6 is 0 Å². The van der Waals surface area contributed by atoms with Crippen molar-refractivity contribution in [2.75, 3.05) is 27.3 Å². The SMILES string of the molecule is COc1ccc(OC)c([C@@H]2CCNC2)c1. The summed E-state index contributed by atoms with van der Waals surface area (Å²) in [5, 5.41) is 3.36. The van der Waals surface area contributed by atoms with Gasteiger partial charge in [0, 0.05) is 18.0 Å². The van der Waals surface area contributed by atoms with Crippen molar-refractivity contribution in [1.29, 1.82) is 0 Å². The lowest BCUT2D eigenvalue weighted by Crippen LogP contribution is -2.08. The number of hydrogen-bond acceptors (Lipinski definition) is 3. The molecule has 0 bridgehead atoms. The van der Waals surface area contributed by atoms with Crippen LogP contribution in [0.1, 0.15) is 17.9 Å². The highest BCUT2D eigenvalue weighted by Gasteiger charge is 2.20. The van der Waals surface area contributed by atoms with Gasteiger partial charge in [0.15, 0.2) is 0 Å². The zero-order valence-corrected chi connectivity index (χ0v) is 9.25. The second-order valence-electron chi connectivity index (χ2n) is 3.80. The molecule has 1 atom stereocenters. The molecule has 1 fully saturated rings. The molecule has 0 amide bonds. The van der Waals surface area contributed by atoms with Gasteiger partial charge in [-0.1, -0.05) is 0 Å². The number of rotatable bonds is 3. The van der Waals surface area contributed by atoms with E-state index in [4.69, 9.17) is 9.47 Å². The molecule has 1 aromatic rings. The van der Waals surface area contributed by atoms with E-state index < -0.39 is 0 Å². The molecule has 0 unspecified atom stereocenters. The molecule has 0 spiro atoms. The summed E-state index contributed by atoms with van der Waals surface area (Å²) < 4.78 is 10.6. The monoisotopic (exact) mass is 207 g/mol. The first kappa shape index (κ1) is 10.3. The van der Waals surface area contributed by atoms with Crippen LogP contribution in [0.2, 0.25) is 0 Å². The summed E-state index contributed by atoms with van der Waals surface area (Å²) in [6.45, 7) is 2.12. The Morgan fingerprint density at radius 3 is 2.73 bits per heavy atom. The lowest BCUT2D eigenvalue weighted by molar-refractivity contribution is 0.396. The number of hydrogen-bond donors (Lipinski definition) is 1. The molecule has 2 rings (SSSR count). The Balaban J connectivity index is 2.32. The van der Waals surface area contributed by atoms with Gasteiger partial charge in [-0.25, -0.2) is 0 Å². The first-order chi connectivity index (χ1) is 7.35. The fraction of sp³-hybridized carbons (Fsp3) is 0.500. The Morgan fingerprint density at radius 2 is 2.13 bits per heavy atom. The summed E-state index contributed by atoms with van der Waals surface area (Å²) in [7, 11) is 3.41. The maximum atomic E-state index is 5.37. The maximum absolute atomic E-state index is 5.37. The van der Waals surface area contributed by atoms with Crippen molar-refractivity contribution >= 4 is 0 Å². The molecule has 1 N–H and O–H groups in total. The van der Waals surface area contributed by atoms with E-state index in [9.17, 15) is 0 Å². The number of nitrogens with one attached hydrogen (secondary N) is 1. The summed E-state index contributed by atoms with van der Waals surface area (Å²) in [6, 6.07) is 5.99. The highest BCUT2D eigenvalue weighted by molar-refractivity contribution is 5.43. The lowest BCUT2D eigenvalue weighted by Gasteiger charge is -2.14. The molecular weight excluding hydrogens is 190 g/mol. The van der Waals surface area contributed by atoms with Gasteiger partial charge < -0.3 is 14.8 Å². The molecule has 3 heteroatoms. The molecule has 0 aliphatic carbocycles. The van der Waals surface area contributed by atoms with Crippen molar-refractivity contribution in [3.05, 3.63) is 23.8 Å². The largest absolute Gasteiger partial charge is 0.497 e. The van der Waals surface area contributed by atoms with Gasteiger partial charge in [-0.2, -0.15) is 0 Å². The molecular formula is C12H17NO2. The molecule has 1 heterocycles. The van der Waals surface area contributed by atoms with Crippen LogP contribution in [-0.2, 0) is 0 Å². The van der Waals surface area contributed by atoms with Crippen LogP contribution in [-0.4, -0.2) is 27.3 Å². The van der Waals surface area contributed by atoms with Crippen LogP contribution < -0.4 is 14.8 Å². The van der Waals surface area contributed by atoms with Crippen molar-refractivity contribution in [1.82, 2.24) is 5.32 Å². The van der Waals surface area contributed by atoms with Gasteiger partial charge in [0.2, 0.25) is 0 Å². The van der Waals surface area contributed by atoms with Crippen LogP contribution in [0.3, 0.4) is 0 Å². The van der Waals surface area contributed by atoms with E-state index in [1.807, 2.05) is 12.1 Å². The van der Waals surface area contributed by atoms with Crippen LogP contribution in [0.5, 0.6) is 11.5 Å². The average molecular weight is 207 g/mol. The summed E-state index contributed by atoms with van der Waals surface area (Å²) >= 11 is 0. The van der Waals surface area contributed by atoms with Crippen molar-refractivity contribution in [2.24, 2.45) is 0 Å². The van der Waals surface area contributed by atoms with Crippen LogP contribution in [0.4, 0.5) is 0 Å². The Kier molecular flexibility index (Phi) is 3.11. The van der Waals surface area contributed by atoms with Gasteiger partial charge in [0.25, 0.3) is 0 Å². The van der Waals surface area contributed by atoms with E-state index in [1.54, 1.807) is 14.2 Å². The van der Waals surface area contributed by atoms with E-state index >= 15 is 0 Å². The molecule has 1 aliphatic heterocycles. The van der Waals surface area contributed by atoms with Crippen molar-refractivity contribution in [3.8, 4) is 11.5 Å². The molecule has 15 heavy (non-hydrogen) atoms. The van der Waals surface area contributed by atoms with E-state index in [0.29, 0.717) is 5.92 Å². The Hall–Kier alpha value is -1.22. The van der Waals surface area contributed by atoms with Crippen LogP contribution in [0.25, 0.3) is 0 Å². The zero-order valence-electron chi connectivity index (χ0n) is 9.25. The molecule has 0 aromatic heterocycles. The molecule has 82 valence electrons. The van der Waals surface area contributed by atoms with Gasteiger partial charge in [-0.05, 0) is 31.2 Å². The average Bonchev–Trinajstić information content (AvgIpc) is 2.81. The van der Waals surface area contributed by atoms with Crippen molar-refractivity contribution < 1.29 is 9.47 Å². The predicted octanol–water partition coefficient (Wildman–Crippen LogP) is 1.78. The quantitative estimate of drug-likeness (QED) is 0.819. The Labute approximate surface area is 90.4 Å². The topological polar surface area (TPSA) is 30.5 Å². The van der Waals surface area contributed by atoms with Gasteiger partial charge in [0.05, 0.1) is 14.2 Å². The second-order valence-corrected chi connectivity index (χ2v) is 3.80. The van der Waals surface area contributed by atoms with Crippen LogP contribution in [0, 0.1) is 0 Å². The molecule has 0 saturated carbocycles. The number of methoxy groups -OCH3 is 2. The maximum Gasteiger partial charge on any atom is 0.122 e.